The molecule has 0 bridgehead atoms. The Balaban J connectivity index is 1.60. The van der Waals surface area contributed by atoms with E-state index in [2.05, 4.69) is 5.32 Å². The van der Waals surface area contributed by atoms with Gasteiger partial charge in [0.25, 0.3) is 0 Å². The monoisotopic (exact) mass is 294 g/mol. The molecule has 4 unspecified atom stereocenters. The summed E-state index contributed by atoms with van der Waals surface area (Å²) in [7, 11) is 0. The Hall–Kier alpha value is -1.10. The van der Waals surface area contributed by atoms with Crippen molar-refractivity contribution < 1.29 is 14.7 Å². The predicted molar refractivity (Wildman–Crippen MR) is 78.9 cm³/mol. The molecule has 1 amide bonds. The molecule has 0 radical (unpaired) electrons. The Morgan fingerprint density at radius 3 is 2.67 bits per heavy atom. The summed E-state index contributed by atoms with van der Waals surface area (Å²) in [6.07, 6.45) is 8.98. The smallest absolute Gasteiger partial charge is 0.305 e. The number of amides is 1. The van der Waals surface area contributed by atoms with Crippen LogP contribution in [0.25, 0.3) is 0 Å². The van der Waals surface area contributed by atoms with Crippen molar-refractivity contribution in [2.45, 2.75) is 75.9 Å². The molecule has 3 aliphatic rings. The third-order valence-electron chi connectivity index (χ3n) is 5.52. The predicted octanol–water partition coefficient (Wildman–Crippen LogP) is 1.76. The van der Waals surface area contributed by atoms with Crippen molar-refractivity contribution in [2.75, 3.05) is 6.54 Å². The van der Waals surface area contributed by atoms with E-state index in [-0.39, 0.29) is 24.4 Å². The van der Waals surface area contributed by atoms with E-state index >= 15 is 0 Å². The number of piperidine rings is 1. The zero-order valence-corrected chi connectivity index (χ0v) is 12.6. The summed E-state index contributed by atoms with van der Waals surface area (Å²) in [5.74, 6) is 0.0858. The van der Waals surface area contributed by atoms with Crippen molar-refractivity contribution >= 4 is 11.9 Å². The van der Waals surface area contributed by atoms with E-state index in [0.29, 0.717) is 6.04 Å². The van der Waals surface area contributed by atoms with Gasteiger partial charge in [-0.25, -0.2) is 0 Å². The maximum absolute atomic E-state index is 12.7. The molecule has 2 heterocycles. The van der Waals surface area contributed by atoms with E-state index in [9.17, 15) is 9.59 Å². The quantitative estimate of drug-likeness (QED) is 0.832. The largest absolute Gasteiger partial charge is 0.481 e. The lowest BCUT2D eigenvalue weighted by atomic mass is 9.77. The molecule has 5 heteroatoms. The molecule has 0 aromatic rings. The first-order chi connectivity index (χ1) is 10.1. The summed E-state index contributed by atoms with van der Waals surface area (Å²) in [6.45, 7) is 0.725. The van der Waals surface area contributed by atoms with Crippen molar-refractivity contribution in [3.63, 3.8) is 0 Å². The first-order valence-electron chi connectivity index (χ1n) is 8.43. The summed E-state index contributed by atoms with van der Waals surface area (Å²) in [4.78, 5) is 25.5. The molecule has 2 saturated heterocycles. The number of carboxylic acids is 1. The normalized spacial score (nSPS) is 36.3. The van der Waals surface area contributed by atoms with Crippen LogP contribution in [0.5, 0.6) is 0 Å². The zero-order valence-electron chi connectivity index (χ0n) is 12.6. The van der Waals surface area contributed by atoms with Crippen molar-refractivity contribution in [1.82, 2.24) is 10.2 Å². The van der Waals surface area contributed by atoms with Gasteiger partial charge >= 0.3 is 5.97 Å². The highest BCUT2D eigenvalue weighted by atomic mass is 16.4. The van der Waals surface area contributed by atoms with Gasteiger partial charge in [0.05, 0.1) is 12.5 Å². The number of carbonyl (C=O) groups excluding carboxylic acids is 1. The van der Waals surface area contributed by atoms with Gasteiger partial charge in [-0.1, -0.05) is 12.8 Å². The minimum Gasteiger partial charge on any atom is -0.481 e. The molecule has 4 atom stereocenters. The van der Waals surface area contributed by atoms with Crippen LogP contribution in [-0.2, 0) is 9.59 Å². The molecule has 1 aliphatic carbocycles. The molecule has 0 aromatic carbocycles. The second-order valence-corrected chi connectivity index (χ2v) is 6.87. The number of nitrogens with one attached hydrogen (secondary N) is 1. The van der Waals surface area contributed by atoms with Crippen molar-refractivity contribution in [1.29, 1.82) is 0 Å². The highest BCUT2D eigenvalue weighted by Crippen LogP contribution is 2.33. The van der Waals surface area contributed by atoms with Crippen LogP contribution in [0.1, 0.15) is 57.8 Å². The third kappa shape index (κ3) is 3.23. The summed E-state index contributed by atoms with van der Waals surface area (Å²) in [6, 6.07) is 0.321. The molecule has 2 aliphatic heterocycles. The molecular formula is C16H26N2O3. The van der Waals surface area contributed by atoms with Crippen molar-refractivity contribution in [2.24, 2.45) is 5.92 Å². The van der Waals surface area contributed by atoms with Crippen LogP contribution in [0.2, 0.25) is 0 Å². The highest BCUT2D eigenvalue weighted by molar-refractivity contribution is 5.83. The average Bonchev–Trinajstić information content (AvgIpc) is 2.93. The number of fused-ring (bicyclic) bond motifs is 1. The van der Waals surface area contributed by atoms with E-state index in [1.165, 1.54) is 25.7 Å². The summed E-state index contributed by atoms with van der Waals surface area (Å²) < 4.78 is 0. The number of hydrogen-bond donors (Lipinski definition) is 2. The first-order valence-corrected chi connectivity index (χ1v) is 8.43. The minimum atomic E-state index is -0.802. The Labute approximate surface area is 126 Å². The summed E-state index contributed by atoms with van der Waals surface area (Å²) in [5, 5.41) is 12.6. The van der Waals surface area contributed by atoms with Gasteiger partial charge in [0.1, 0.15) is 0 Å². The Morgan fingerprint density at radius 1 is 1.05 bits per heavy atom. The van der Waals surface area contributed by atoms with Crippen molar-refractivity contribution in [3.8, 4) is 0 Å². The molecule has 5 nitrogen and oxygen atoms in total. The molecule has 0 aromatic heterocycles. The van der Waals surface area contributed by atoms with Crippen LogP contribution >= 0.6 is 0 Å². The minimum absolute atomic E-state index is 0.0845. The van der Waals surface area contributed by atoms with E-state index in [4.69, 9.17) is 5.11 Å². The molecule has 3 fully saturated rings. The SMILES string of the molecule is O=C(O)CC1CCCN1C(=O)C1CCC2CCCCC2N1. The number of carbonyl (C=O) groups is 2. The van der Waals surface area contributed by atoms with E-state index in [0.717, 1.165) is 38.1 Å². The number of likely N-dealkylation sites (tertiary alicyclic amines) is 1. The van der Waals surface area contributed by atoms with E-state index in [1.807, 2.05) is 4.90 Å². The second-order valence-electron chi connectivity index (χ2n) is 6.87. The number of rotatable bonds is 3. The molecule has 2 N–H and O–H groups in total. The van der Waals surface area contributed by atoms with Crippen LogP contribution in [0.4, 0.5) is 0 Å². The Kier molecular flexibility index (Phi) is 4.48. The topological polar surface area (TPSA) is 69.6 Å². The van der Waals surface area contributed by atoms with Gasteiger partial charge in [-0.2, -0.15) is 0 Å². The summed E-state index contributed by atoms with van der Waals surface area (Å²) in [5.41, 5.74) is 0. The molecule has 21 heavy (non-hydrogen) atoms. The van der Waals surface area contributed by atoms with Gasteiger partial charge in [0.15, 0.2) is 0 Å². The average molecular weight is 294 g/mol. The van der Waals surface area contributed by atoms with Crippen LogP contribution < -0.4 is 5.32 Å². The maximum atomic E-state index is 12.7. The van der Waals surface area contributed by atoms with Gasteiger partial charge in [-0.15, -0.1) is 0 Å². The van der Waals surface area contributed by atoms with Gasteiger partial charge < -0.3 is 15.3 Å². The lowest BCUT2D eigenvalue weighted by Gasteiger charge is -2.41. The number of hydrogen-bond acceptors (Lipinski definition) is 3. The van der Waals surface area contributed by atoms with E-state index in [1.54, 1.807) is 0 Å². The third-order valence-corrected chi connectivity index (χ3v) is 5.52. The van der Waals surface area contributed by atoms with Gasteiger partial charge in [-0.3, -0.25) is 9.59 Å². The Morgan fingerprint density at radius 2 is 1.86 bits per heavy atom. The van der Waals surface area contributed by atoms with Gasteiger partial charge in [-0.05, 0) is 44.4 Å². The number of carboxylic acid groups (broad SMARTS) is 1. The molecule has 1 saturated carbocycles. The van der Waals surface area contributed by atoms with Crippen LogP contribution in [0.15, 0.2) is 0 Å². The molecule has 3 rings (SSSR count). The van der Waals surface area contributed by atoms with Crippen LogP contribution in [0, 0.1) is 5.92 Å². The van der Waals surface area contributed by atoms with Gasteiger partial charge in [0.2, 0.25) is 5.91 Å². The fourth-order valence-corrected chi connectivity index (χ4v) is 4.43. The fourth-order valence-electron chi connectivity index (χ4n) is 4.43. The number of aliphatic carboxylic acids is 1. The standard InChI is InChI=1S/C16H26N2O3/c19-15(20)10-12-5-3-9-18(12)16(21)14-8-7-11-4-1-2-6-13(11)17-14/h11-14,17H,1-10H2,(H,19,20). The number of nitrogens with zero attached hydrogens (tertiary/aromatic N) is 1. The maximum Gasteiger partial charge on any atom is 0.305 e. The molecule has 118 valence electrons. The van der Waals surface area contributed by atoms with Crippen LogP contribution in [0.3, 0.4) is 0 Å². The van der Waals surface area contributed by atoms with Gasteiger partial charge in [0, 0.05) is 18.6 Å². The van der Waals surface area contributed by atoms with E-state index < -0.39 is 5.97 Å². The highest BCUT2D eigenvalue weighted by Gasteiger charge is 2.39. The second kappa shape index (κ2) is 6.34. The van der Waals surface area contributed by atoms with Crippen molar-refractivity contribution in [3.05, 3.63) is 0 Å². The van der Waals surface area contributed by atoms with Crippen LogP contribution in [-0.4, -0.2) is 46.6 Å². The molecular weight excluding hydrogens is 268 g/mol. The lowest BCUT2D eigenvalue weighted by molar-refractivity contribution is -0.141. The molecule has 0 spiro atoms. The summed E-state index contributed by atoms with van der Waals surface area (Å²) >= 11 is 0. The zero-order chi connectivity index (χ0) is 14.8. The Bertz CT molecular complexity index is 412. The first kappa shape index (κ1) is 14.8. The lowest BCUT2D eigenvalue weighted by Crippen LogP contribution is -2.56. The fraction of sp³-hybridized carbons (Fsp3) is 0.875.